The molecule has 1 saturated heterocycles. The van der Waals surface area contributed by atoms with Gasteiger partial charge in [0.15, 0.2) is 0 Å². The summed E-state index contributed by atoms with van der Waals surface area (Å²) in [6, 6.07) is 5.39. The Balaban J connectivity index is 2.42. The third kappa shape index (κ3) is 2.68. The molecule has 114 valence electrons. The van der Waals surface area contributed by atoms with Crippen LogP contribution in [0.2, 0.25) is 0 Å². The lowest BCUT2D eigenvalue weighted by molar-refractivity contribution is 0.279. The topological polar surface area (TPSA) is 61.2 Å². The molecule has 0 unspecified atom stereocenters. The van der Waals surface area contributed by atoms with Gasteiger partial charge in [-0.1, -0.05) is 19.9 Å². The van der Waals surface area contributed by atoms with Crippen molar-refractivity contribution >= 4 is 10.0 Å². The maximum atomic E-state index is 13.6. The Hall–Kier alpha value is -1.45. The summed E-state index contributed by atoms with van der Waals surface area (Å²) in [6.45, 7) is 4.97. The lowest BCUT2D eigenvalue weighted by Gasteiger charge is -2.26. The number of halogens is 1. The molecule has 1 aromatic carbocycles. The van der Waals surface area contributed by atoms with Crippen molar-refractivity contribution in [2.75, 3.05) is 13.1 Å². The average Bonchev–Trinajstić information content (AvgIpc) is 2.93. The fourth-order valence-corrected chi connectivity index (χ4v) is 4.60. The van der Waals surface area contributed by atoms with E-state index in [9.17, 15) is 12.8 Å². The van der Waals surface area contributed by atoms with Crippen LogP contribution in [0, 0.1) is 22.6 Å². The molecule has 1 aliphatic heterocycles. The van der Waals surface area contributed by atoms with E-state index in [4.69, 9.17) is 5.26 Å². The molecule has 0 saturated carbocycles. The molecule has 0 aliphatic carbocycles. The summed E-state index contributed by atoms with van der Waals surface area (Å²) in [5, 5.41) is 9.03. The van der Waals surface area contributed by atoms with Crippen molar-refractivity contribution in [2.45, 2.75) is 38.0 Å². The van der Waals surface area contributed by atoms with Crippen LogP contribution in [0.4, 0.5) is 4.39 Å². The number of rotatable bonds is 4. The molecule has 0 amide bonds. The van der Waals surface area contributed by atoms with Crippen molar-refractivity contribution in [3.8, 4) is 6.07 Å². The van der Waals surface area contributed by atoms with Gasteiger partial charge in [0.05, 0.1) is 0 Å². The number of benzene rings is 1. The highest BCUT2D eigenvalue weighted by Gasteiger charge is 2.41. The van der Waals surface area contributed by atoms with E-state index in [1.54, 1.807) is 6.07 Å². The van der Waals surface area contributed by atoms with Crippen LogP contribution in [0.15, 0.2) is 23.1 Å². The van der Waals surface area contributed by atoms with Crippen LogP contribution >= 0.6 is 0 Å². The molecule has 4 nitrogen and oxygen atoms in total. The summed E-state index contributed by atoms with van der Waals surface area (Å²) in [6.07, 6.45) is 2.62. The summed E-state index contributed by atoms with van der Waals surface area (Å²) in [5.41, 5.74) is -0.407. The van der Waals surface area contributed by atoms with Crippen molar-refractivity contribution in [3.63, 3.8) is 0 Å². The Morgan fingerprint density at radius 3 is 2.57 bits per heavy atom. The van der Waals surface area contributed by atoms with E-state index >= 15 is 0 Å². The van der Waals surface area contributed by atoms with Crippen LogP contribution < -0.4 is 0 Å². The maximum absolute atomic E-state index is 13.6. The molecular formula is C15H19FN2O2S. The van der Waals surface area contributed by atoms with Crippen molar-refractivity contribution in [1.29, 1.82) is 5.26 Å². The zero-order chi connectivity index (χ0) is 15.7. The standard InChI is InChI=1S/C15H19FN2O2S/c1-3-15(4-2)8-9-18(11-15)21(19,20)14-7-5-6-13(16)12(14)10-17/h5-7H,3-4,8-9,11H2,1-2H3. The number of nitrogens with zero attached hydrogens (tertiary/aromatic N) is 2. The van der Waals surface area contributed by atoms with Gasteiger partial charge in [-0.2, -0.15) is 9.57 Å². The quantitative estimate of drug-likeness (QED) is 0.859. The minimum atomic E-state index is -3.82. The molecule has 1 aliphatic rings. The second-order valence-corrected chi connectivity index (χ2v) is 7.43. The first-order chi connectivity index (χ1) is 9.90. The number of hydrogen-bond acceptors (Lipinski definition) is 3. The lowest BCUT2D eigenvalue weighted by atomic mass is 9.82. The largest absolute Gasteiger partial charge is 0.244 e. The molecule has 0 aromatic heterocycles. The monoisotopic (exact) mass is 310 g/mol. The van der Waals surface area contributed by atoms with E-state index in [2.05, 4.69) is 13.8 Å². The first-order valence-electron chi connectivity index (χ1n) is 7.09. The summed E-state index contributed by atoms with van der Waals surface area (Å²) in [5.74, 6) is -0.796. The Labute approximate surface area is 125 Å². The minimum Gasteiger partial charge on any atom is -0.207 e. The second kappa shape index (κ2) is 5.74. The van der Waals surface area contributed by atoms with Crippen LogP contribution in [0.3, 0.4) is 0 Å². The molecule has 1 aromatic rings. The Morgan fingerprint density at radius 2 is 2.05 bits per heavy atom. The number of hydrogen-bond donors (Lipinski definition) is 0. The van der Waals surface area contributed by atoms with E-state index in [1.165, 1.54) is 16.4 Å². The van der Waals surface area contributed by atoms with Gasteiger partial charge in [-0.05, 0) is 36.8 Å². The molecule has 0 atom stereocenters. The molecule has 2 rings (SSSR count). The molecule has 1 fully saturated rings. The lowest BCUT2D eigenvalue weighted by Crippen LogP contribution is -2.32. The molecule has 1 heterocycles. The van der Waals surface area contributed by atoms with Crippen molar-refractivity contribution in [3.05, 3.63) is 29.6 Å². The van der Waals surface area contributed by atoms with E-state index in [1.807, 2.05) is 0 Å². The van der Waals surface area contributed by atoms with Crippen LogP contribution in [0.5, 0.6) is 0 Å². The summed E-state index contributed by atoms with van der Waals surface area (Å²) >= 11 is 0. The summed E-state index contributed by atoms with van der Waals surface area (Å²) in [7, 11) is -3.82. The first-order valence-corrected chi connectivity index (χ1v) is 8.53. The summed E-state index contributed by atoms with van der Waals surface area (Å²) < 4.78 is 40.4. The Bertz CT molecular complexity index is 675. The minimum absolute atomic E-state index is 0.00674. The van der Waals surface area contributed by atoms with Gasteiger partial charge in [0, 0.05) is 13.1 Å². The van der Waals surface area contributed by atoms with Crippen molar-refractivity contribution in [2.24, 2.45) is 5.41 Å². The van der Waals surface area contributed by atoms with Crippen LogP contribution in [0.1, 0.15) is 38.7 Å². The van der Waals surface area contributed by atoms with Crippen molar-refractivity contribution < 1.29 is 12.8 Å². The average molecular weight is 310 g/mol. The fraction of sp³-hybridized carbons (Fsp3) is 0.533. The molecule has 0 N–H and O–H groups in total. The van der Waals surface area contributed by atoms with Crippen molar-refractivity contribution in [1.82, 2.24) is 4.31 Å². The predicted octanol–water partition coefficient (Wildman–Crippen LogP) is 2.90. The normalized spacial score (nSPS) is 18.6. The van der Waals surface area contributed by atoms with Gasteiger partial charge >= 0.3 is 0 Å². The highest BCUT2D eigenvalue weighted by molar-refractivity contribution is 7.89. The van der Waals surface area contributed by atoms with Gasteiger partial charge in [-0.15, -0.1) is 0 Å². The second-order valence-electron chi connectivity index (χ2n) is 5.52. The third-order valence-electron chi connectivity index (χ3n) is 4.61. The molecule has 0 bridgehead atoms. The van der Waals surface area contributed by atoms with Crippen LogP contribution in [0.25, 0.3) is 0 Å². The predicted molar refractivity (Wildman–Crippen MR) is 77.5 cm³/mol. The Kier molecular flexibility index (Phi) is 4.35. The molecule has 21 heavy (non-hydrogen) atoms. The van der Waals surface area contributed by atoms with Gasteiger partial charge in [0.25, 0.3) is 0 Å². The zero-order valence-corrected chi connectivity index (χ0v) is 13.1. The maximum Gasteiger partial charge on any atom is 0.244 e. The molecule has 6 heteroatoms. The van der Waals surface area contributed by atoms with E-state index in [-0.39, 0.29) is 10.3 Å². The van der Waals surface area contributed by atoms with E-state index in [0.717, 1.165) is 25.3 Å². The molecule has 0 spiro atoms. The van der Waals surface area contributed by atoms with Gasteiger partial charge in [0.1, 0.15) is 22.3 Å². The number of sulfonamides is 1. The highest BCUT2D eigenvalue weighted by atomic mass is 32.2. The number of nitriles is 1. The smallest absolute Gasteiger partial charge is 0.207 e. The highest BCUT2D eigenvalue weighted by Crippen LogP contribution is 2.39. The molecular weight excluding hydrogens is 291 g/mol. The van der Waals surface area contributed by atoms with E-state index in [0.29, 0.717) is 13.1 Å². The summed E-state index contributed by atoms with van der Waals surface area (Å²) in [4.78, 5) is -0.229. The first kappa shape index (κ1) is 15.9. The van der Waals surface area contributed by atoms with Gasteiger partial charge < -0.3 is 0 Å². The Morgan fingerprint density at radius 1 is 1.38 bits per heavy atom. The van der Waals surface area contributed by atoms with E-state index < -0.39 is 21.4 Å². The fourth-order valence-electron chi connectivity index (χ4n) is 2.89. The SMILES string of the molecule is CCC1(CC)CCN(S(=O)(=O)c2cccc(F)c2C#N)C1. The zero-order valence-electron chi connectivity index (χ0n) is 12.3. The van der Waals surface area contributed by atoms with Crippen LogP contribution in [-0.2, 0) is 10.0 Å². The van der Waals surface area contributed by atoms with Gasteiger partial charge in [-0.3, -0.25) is 0 Å². The third-order valence-corrected chi connectivity index (χ3v) is 6.50. The van der Waals surface area contributed by atoms with Crippen LogP contribution in [-0.4, -0.2) is 25.8 Å². The molecule has 0 radical (unpaired) electrons. The van der Waals surface area contributed by atoms with Gasteiger partial charge in [-0.25, -0.2) is 12.8 Å². The van der Waals surface area contributed by atoms with Gasteiger partial charge in [0.2, 0.25) is 10.0 Å².